The predicted molar refractivity (Wildman–Crippen MR) is 147 cm³/mol. The molecule has 0 N–H and O–H groups in total. The highest BCUT2D eigenvalue weighted by Gasteiger charge is 2.61. The molecule has 4 aliphatic carbocycles. The van der Waals surface area contributed by atoms with Crippen molar-refractivity contribution in [3.8, 4) is 0 Å². The molecule has 0 spiro atoms. The van der Waals surface area contributed by atoms with E-state index in [0.29, 0.717) is 22.5 Å². The van der Waals surface area contributed by atoms with Gasteiger partial charge in [-0.25, -0.2) is 0 Å². The number of fused-ring (bicyclic) bond motifs is 5. The molecule has 0 amide bonds. The maximum absolute atomic E-state index is 13.2. The number of hydrogen-bond acceptors (Lipinski definition) is 1. The van der Waals surface area contributed by atoms with E-state index < -0.39 is 0 Å². The zero-order valence-electron chi connectivity index (χ0n) is 23.4. The van der Waals surface area contributed by atoms with E-state index in [-0.39, 0.29) is 5.92 Å². The monoisotopic (exact) mass is 476 g/mol. The van der Waals surface area contributed by atoms with E-state index in [1.165, 1.54) is 63.4 Å². The first-order chi connectivity index (χ1) is 16.7. The number of carbonyl (C=O) groups is 1. The number of rotatable bonds is 7. The zero-order valence-corrected chi connectivity index (χ0v) is 23.4. The molecule has 1 aromatic rings. The fourth-order valence-electron chi connectivity index (χ4n) is 10.5. The van der Waals surface area contributed by atoms with Crippen LogP contribution in [-0.2, 0) is 11.2 Å². The summed E-state index contributed by atoms with van der Waals surface area (Å²) in [7, 11) is 0. The minimum Gasteiger partial charge on any atom is -0.299 e. The second-order valence-corrected chi connectivity index (χ2v) is 14.4. The van der Waals surface area contributed by atoms with Gasteiger partial charge in [0, 0.05) is 12.3 Å². The van der Waals surface area contributed by atoms with Crippen molar-refractivity contribution in [3.05, 3.63) is 35.9 Å². The van der Waals surface area contributed by atoms with E-state index in [0.717, 1.165) is 54.8 Å². The maximum Gasteiger partial charge on any atom is 0.136 e. The van der Waals surface area contributed by atoms with E-state index in [2.05, 4.69) is 65.0 Å². The fraction of sp³-hybridized carbons (Fsp3) is 0.794. The highest BCUT2D eigenvalue weighted by atomic mass is 16.1. The van der Waals surface area contributed by atoms with Crippen molar-refractivity contribution in [3.63, 3.8) is 0 Å². The molecule has 0 heterocycles. The van der Waals surface area contributed by atoms with Gasteiger partial charge in [-0.3, -0.25) is 4.79 Å². The summed E-state index contributed by atoms with van der Waals surface area (Å²) in [6, 6.07) is 10.8. The number of hydrogen-bond donors (Lipinski definition) is 0. The maximum atomic E-state index is 13.2. The van der Waals surface area contributed by atoms with Crippen LogP contribution in [0.5, 0.6) is 0 Å². The van der Waals surface area contributed by atoms with Crippen molar-refractivity contribution in [2.75, 3.05) is 0 Å². The summed E-state index contributed by atoms with van der Waals surface area (Å²) < 4.78 is 0. The van der Waals surface area contributed by atoms with Crippen LogP contribution >= 0.6 is 0 Å². The highest BCUT2D eigenvalue weighted by molar-refractivity contribution is 5.82. The molecule has 1 nitrogen and oxygen atoms in total. The third-order valence-corrected chi connectivity index (χ3v) is 12.3. The molecule has 0 aliphatic heterocycles. The third kappa shape index (κ3) is 4.57. The summed E-state index contributed by atoms with van der Waals surface area (Å²) in [4.78, 5) is 13.2. The SMILES string of the molecule is CC(C)CCC[C@@H](C)[C@H]1CC[C@H]2[C@@H]3CCC4C(Cc5ccccc5)C(=O)CC[C@]4(C)[C@H]3CC[C@]12C. The smallest absolute Gasteiger partial charge is 0.136 e. The summed E-state index contributed by atoms with van der Waals surface area (Å²) in [5.41, 5.74) is 2.30. The van der Waals surface area contributed by atoms with Crippen molar-refractivity contribution in [1.82, 2.24) is 0 Å². The van der Waals surface area contributed by atoms with Gasteiger partial charge in [0.15, 0.2) is 0 Å². The van der Waals surface area contributed by atoms with Crippen LogP contribution in [0.2, 0.25) is 0 Å². The van der Waals surface area contributed by atoms with Crippen LogP contribution in [-0.4, -0.2) is 5.78 Å². The first kappa shape index (κ1) is 25.5. The molecule has 9 atom stereocenters. The Morgan fingerprint density at radius 3 is 2.29 bits per heavy atom. The predicted octanol–water partition coefficient (Wildman–Crippen LogP) is 9.15. The van der Waals surface area contributed by atoms with Gasteiger partial charge < -0.3 is 0 Å². The third-order valence-electron chi connectivity index (χ3n) is 12.3. The molecule has 0 bridgehead atoms. The van der Waals surface area contributed by atoms with Gasteiger partial charge in [0.2, 0.25) is 0 Å². The van der Waals surface area contributed by atoms with Gasteiger partial charge in [-0.15, -0.1) is 0 Å². The molecular weight excluding hydrogens is 424 g/mol. The molecule has 2 unspecified atom stereocenters. The molecule has 1 aromatic carbocycles. The Kier molecular flexibility index (Phi) is 7.28. The van der Waals surface area contributed by atoms with Crippen LogP contribution in [0.1, 0.15) is 111 Å². The molecule has 0 radical (unpaired) electrons. The molecule has 4 fully saturated rings. The van der Waals surface area contributed by atoms with Gasteiger partial charge in [-0.1, -0.05) is 84.2 Å². The van der Waals surface area contributed by atoms with E-state index >= 15 is 0 Å². The lowest BCUT2D eigenvalue weighted by molar-refractivity contribution is -0.152. The van der Waals surface area contributed by atoms with Gasteiger partial charge >= 0.3 is 0 Å². The average molecular weight is 477 g/mol. The molecule has 4 aliphatic rings. The quantitative estimate of drug-likeness (QED) is 0.383. The zero-order chi connectivity index (χ0) is 24.8. The summed E-state index contributed by atoms with van der Waals surface area (Å²) in [5.74, 6) is 6.76. The van der Waals surface area contributed by atoms with E-state index in [1.54, 1.807) is 0 Å². The van der Waals surface area contributed by atoms with E-state index in [9.17, 15) is 4.79 Å². The van der Waals surface area contributed by atoms with Crippen LogP contribution < -0.4 is 0 Å². The fourth-order valence-corrected chi connectivity index (χ4v) is 10.5. The molecule has 194 valence electrons. The Morgan fingerprint density at radius 2 is 1.54 bits per heavy atom. The van der Waals surface area contributed by atoms with Crippen LogP contribution in [0.3, 0.4) is 0 Å². The second-order valence-electron chi connectivity index (χ2n) is 14.4. The van der Waals surface area contributed by atoms with Crippen molar-refractivity contribution in [2.24, 2.45) is 58.2 Å². The molecule has 35 heavy (non-hydrogen) atoms. The standard InChI is InChI=1S/C34H52O/c1-23(2)10-9-11-24(3)28-16-17-29-26-14-15-30-27(22-25-12-7-6-8-13-25)32(35)19-21-34(30,5)31(26)18-20-33(28,29)4/h6-8,12-13,23-24,26-31H,9-11,14-22H2,1-5H3/t24-,26+,27?,28-,29+,30?,31+,33-,34+/m1/s1. The molecule has 0 saturated heterocycles. The Morgan fingerprint density at radius 1 is 0.829 bits per heavy atom. The summed E-state index contributed by atoms with van der Waals surface area (Å²) in [6.07, 6.45) is 15.7. The van der Waals surface area contributed by atoms with Gasteiger partial charge in [0.05, 0.1) is 0 Å². The lowest BCUT2D eigenvalue weighted by Crippen LogP contribution is -2.56. The number of ketones is 1. The van der Waals surface area contributed by atoms with Gasteiger partial charge in [0.25, 0.3) is 0 Å². The van der Waals surface area contributed by atoms with Gasteiger partial charge in [-0.05, 0) is 109 Å². The number of carbonyl (C=O) groups excluding carboxylic acids is 1. The summed E-state index contributed by atoms with van der Waals surface area (Å²) in [5, 5.41) is 0. The van der Waals surface area contributed by atoms with Crippen molar-refractivity contribution in [1.29, 1.82) is 0 Å². The Labute approximate surface area is 216 Å². The van der Waals surface area contributed by atoms with Gasteiger partial charge in [0.1, 0.15) is 5.78 Å². The van der Waals surface area contributed by atoms with E-state index in [1.807, 2.05) is 0 Å². The Bertz CT molecular complexity index is 872. The Hall–Kier alpha value is -1.11. The lowest BCUT2D eigenvalue weighted by atomic mass is 9.43. The highest BCUT2D eigenvalue weighted by Crippen LogP contribution is 2.68. The van der Waals surface area contributed by atoms with Crippen LogP contribution in [0, 0.1) is 58.2 Å². The van der Waals surface area contributed by atoms with Crippen LogP contribution in [0.25, 0.3) is 0 Å². The topological polar surface area (TPSA) is 17.1 Å². The summed E-state index contributed by atoms with van der Waals surface area (Å²) >= 11 is 0. The number of benzene rings is 1. The van der Waals surface area contributed by atoms with Crippen molar-refractivity contribution >= 4 is 5.78 Å². The lowest BCUT2D eigenvalue weighted by Gasteiger charge is -2.62. The first-order valence-corrected chi connectivity index (χ1v) is 15.3. The van der Waals surface area contributed by atoms with Crippen LogP contribution in [0.4, 0.5) is 0 Å². The van der Waals surface area contributed by atoms with Crippen molar-refractivity contribution in [2.45, 2.75) is 112 Å². The van der Waals surface area contributed by atoms with Gasteiger partial charge in [-0.2, -0.15) is 0 Å². The van der Waals surface area contributed by atoms with Crippen molar-refractivity contribution < 1.29 is 4.79 Å². The Balaban J connectivity index is 1.32. The molecular formula is C34H52O. The minimum absolute atomic E-state index is 0.253. The first-order valence-electron chi connectivity index (χ1n) is 15.3. The summed E-state index contributed by atoms with van der Waals surface area (Å²) in [6.45, 7) is 12.7. The minimum atomic E-state index is 0.253. The molecule has 5 rings (SSSR count). The van der Waals surface area contributed by atoms with E-state index in [4.69, 9.17) is 0 Å². The normalized spacial score (nSPS) is 41.8. The molecule has 1 heteroatoms. The average Bonchev–Trinajstić information content (AvgIpc) is 3.19. The second kappa shape index (κ2) is 9.98. The number of Topliss-reactive ketones (excluding diaryl/α,β-unsaturated/α-hetero) is 1. The largest absolute Gasteiger partial charge is 0.299 e. The molecule has 0 aromatic heterocycles. The molecule has 4 saturated carbocycles. The van der Waals surface area contributed by atoms with Crippen LogP contribution in [0.15, 0.2) is 30.3 Å².